The minimum atomic E-state index is -0.515. The number of aromatic nitrogens is 1. The van der Waals surface area contributed by atoms with E-state index < -0.39 is 5.82 Å². The van der Waals surface area contributed by atoms with Crippen LogP contribution < -0.4 is 10.2 Å². The molecule has 5 nitrogen and oxygen atoms in total. The first kappa shape index (κ1) is 17.8. The minimum absolute atomic E-state index is 0.0211. The molecule has 0 unspecified atom stereocenters. The molecular weight excluding hydrogens is 366 g/mol. The summed E-state index contributed by atoms with van der Waals surface area (Å²) < 4.78 is 13.2. The van der Waals surface area contributed by atoms with Crippen molar-refractivity contribution >= 4 is 40.6 Å². The van der Waals surface area contributed by atoms with Crippen LogP contribution in [0.25, 0.3) is 0 Å². The highest BCUT2D eigenvalue weighted by atomic mass is 35.5. The van der Waals surface area contributed by atoms with Gasteiger partial charge in [-0.2, -0.15) is 0 Å². The number of nitrogens with one attached hydrogen (secondary N) is 1. The fraction of sp³-hybridized carbons (Fsp3) is 0.294. The van der Waals surface area contributed by atoms with Crippen molar-refractivity contribution in [1.29, 1.82) is 0 Å². The van der Waals surface area contributed by atoms with Gasteiger partial charge in [0.15, 0.2) is 0 Å². The van der Waals surface area contributed by atoms with Gasteiger partial charge in [0, 0.05) is 44.3 Å². The molecule has 0 spiro atoms. The van der Waals surface area contributed by atoms with Gasteiger partial charge in [-0.25, -0.2) is 9.18 Å². The lowest BCUT2D eigenvalue weighted by molar-refractivity contribution is 0.215. The van der Waals surface area contributed by atoms with E-state index in [1.165, 1.54) is 18.2 Å². The maximum absolute atomic E-state index is 13.2. The van der Waals surface area contributed by atoms with Crippen molar-refractivity contribution in [3.05, 3.63) is 52.5 Å². The zero-order valence-electron chi connectivity index (χ0n) is 13.4. The van der Waals surface area contributed by atoms with Crippen LogP contribution in [0.1, 0.15) is 6.42 Å². The second-order valence-corrected chi connectivity index (χ2v) is 6.53. The first-order chi connectivity index (χ1) is 12.0. The lowest BCUT2D eigenvalue weighted by Gasteiger charge is -2.24. The van der Waals surface area contributed by atoms with Crippen molar-refractivity contribution in [2.24, 2.45) is 0 Å². The summed E-state index contributed by atoms with van der Waals surface area (Å²) in [6.45, 7) is 2.65. The standard InChI is InChI=1S/C17H17Cl2FN4O/c18-13-10-12(2-3-15(13)20)22-17(25)24-7-1-6-23(8-9-24)16-4-5-21-11-14(16)19/h2-5,10-11H,1,6-9H2,(H,22,25). The molecule has 2 heterocycles. The molecule has 0 atom stereocenters. The average molecular weight is 383 g/mol. The lowest BCUT2D eigenvalue weighted by Crippen LogP contribution is -2.38. The molecule has 0 aliphatic carbocycles. The number of benzene rings is 1. The molecule has 0 saturated carbocycles. The van der Waals surface area contributed by atoms with Gasteiger partial charge in [0.25, 0.3) is 0 Å². The molecule has 1 aliphatic rings. The molecular formula is C17H17Cl2FN4O. The van der Waals surface area contributed by atoms with E-state index in [1.54, 1.807) is 17.3 Å². The third kappa shape index (κ3) is 4.32. The van der Waals surface area contributed by atoms with Crippen LogP contribution in [0.2, 0.25) is 10.0 Å². The maximum Gasteiger partial charge on any atom is 0.321 e. The second-order valence-electron chi connectivity index (χ2n) is 5.71. The van der Waals surface area contributed by atoms with Crippen LogP contribution in [-0.2, 0) is 0 Å². The molecule has 1 aromatic heterocycles. The van der Waals surface area contributed by atoms with E-state index in [0.29, 0.717) is 30.3 Å². The van der Waals surface area contributed by atoms with Gasteiger partial charge < -0.3 is 15.1 Å². The van der Waals surface area contributed by atoms with Crippen LogP contribution in [0.4, 0.5) is 20.6 Å². The van der Waals surface area contributed by atoms with Crippen LogP contribution in [0.3, 0.4) is 0 Å². The Morgan fingerprint density at radius 1 is 1.12 bits per heavy atom. The van der Waals surface area contributed by atoms with Gasteiger partial charge in [-0.05, 0) is 30.7 Å². The van der Waals surface area contributed by atoms with Crippen LogP contribution in [0.5, 0.6) is 0 Å². The molecule has 0 bridgehead atoms. The summed E-state index contributed by atoms with van der Waals surface area (Å²) in [6.07, 6.45) is 4.13. The van der Waals surface area contributed by atoms with E-state index >= 15 is 0 Å². The largest absolute Gasteiger partial charge is 0.368 e. The van der Waals surface area contributed by atoms with Crippen LogP contribution in [0, 0.1) is 5.82 Å². The molecule has 1 aromatic carbocycles. The van der Waals surface area contributed by atoms with E-state index in [1.807, 2.05) is 6.07 Å². The number of halogens is 3. The van der Waals surface area contributed by atoms with Gasteiger partial charge in [-0.15, -0.1) is 0 Å². The smallest absolute Gasteiger partial charge is 0.321 e. The number of nitrogens with zero attached hydrogens (tertiary/aromatic N) is 3. The number of pyridine rings is 1. The highest BCUT2D eigenvalue weighted by Gasteiger charge is 2.20. The molecule has 25 heavy (non-hydrogen) atoms. The number of carbonyl (C=O) groups excluding carboxylic acids is 1. The van der Waals surface area contributed by atoms with Gasteiger partial charge in [0.1, 0.15) is 5.82 Å². The molecule has 0 radical (unpaired) electrons. The number of urea groups is 1. The summed E-state index contributed by atoms with van der Waals surface area (Å²) in [5.74, 6) is -0.515. The Labute approximate surface area is 155 Å². The van der Waals surface area contributed by atoms with Gasteiger partial charge >= 0.3 is 6.03 Å². The Morgan fingerprint density at radius 2 is 1.96 bits per heavy atom. The summed E-state index contributed by atoms with van der Waals surface area (Å²) in [5.41, 5.74) is 1.39. The van der Waals surface area contributed by atoms with Gasteiger partial charge in [-0.3, -0.25) is 4.98 Å². The molecule has 3 rings (SSSR count). The number of carbonyl (C=O) groups is 1. The van der Waals surface area contributed by atoms with Gasteiger partial charge in [0.05, 0.1) is 15.7 Å². The number of amides is 2. The zero-order chi connectivity index (χ0) is 17.8. The van der Waals surface area contributed by atoms with Crippen LogP contribution >= 0.6 is 23.2 Å². The summed E-state index contributed by atoms with van der Waals surface area (Å²) in [4.78, 5) is 20.3. The average Bonchev–Trinajstić information content (AvgIpc) is 2.85. The first-order valence-corrected chi connectivity index (χ1v) is 8.65. The Morgan fingerprint density at radius 3 is 2.72 bits per heavy atom. The summed E-state index contributed by atoms with van der Waals surface area (Å²) in [5, 5.41) is 3.33. The predicted octanol–water partition coefficient (Wildman–Crippen LogP) is 4.27. The summed E-state index contributed by atoms with van der Waals surface area (Å²) in [6, 6.07) is 5.76. The third-order valence-corrected chi connectivity index (χ3v) is 4.63. The summed E-state index contributed by atoms with van der Waals surface area (Å²) in [7, 11) is 0. The molecule has 1 fully saturated rings. The Hall–Kier alpha value is -2.05. The first-order valence-electron chi connectivity index (χ1n) is 7.90. The Bertz CT molecular complexity index is 774. The van der Waals surface area contributed by atoms with Gasteiger partial charge in [0.2, 0.25) is 0 Å². The second kappa shape index (κ2) is 7.89. The molecule has 8 heteroatoms. The van der Waals surface area contributed by atoms with Crippen molar-refractivity contribution < 1.29 is 9.18 Å². The number of hydrogen-bond donors (Lipinski definition) is 1. The number of hydrogen-bond acceptors (Lipinski definition) is 3. The number of rotatable bonds is 2. The van der Waals surface area contributed by atoms with Crippen molar-refractivity contribution in [2.45, 2.75) is 6.42 Å². The van der Waals surface area contributed by atoms with Crippen molar-refractivity contribution in [2.75, 3.05) is 36.4 Å². The zero-order valence-corrected chi connectivity index (χ0v) is 14.9. The monoisotopic (exact) mass is 382 g/mol. The van der Waals surface area contributed by atoms with Crippen molar-refractivity contribution in [1.82, 2.24) is 9.88 Å². The topological polar surface area (TPSA) is 48.5 Å². The minimum Gasteiger partial charge on any atom is -0.368 e. The fourth-order valence-corrected chi connectivity index (χ4v) is 3.18. The lowest BCUT2D eigenvalue weighted by atomic mass is 10.3. The third-order valence-electron chi connectivity index (χ3n) is 4.05. The van der Waals surface area contributed by atoms with Crippen LogP contribution in [0.15, 0.2) is 36.7 Å². The SMILES string of the molecule is O=C(Nc1ccc(F)c(Cl)c1)N1CCCN(c2ccncc2Cl)CC1. The van der Waals surface area contributed by atoms with E-state index in [4.69, 9.17) is 23.2 Å². The fourth-order valence-electron chi connectivity index (χ4n) is 2.76. The van der Waals surface area contributed by atoms with Crippen molar-refractivity contribution in [3.8, 4) is 0 Å². The quantitative estimate of drug-likeness (QED) is 0.843. The molecule has 2 aromatic rings. The highest BCUT2D eigenvalue weighted by molar-refractivity contribution is 6.33. The summed E-state index contributed by atoms with van der Waals surface area (Å²) >= 11 is 12.0. The van der Waals surface area contributed by atoms with E-state index in [0.717, 1.165) is 18.7 Å². The molecule has 132 valence electrons. The van der Waals surface area contributed by atoms with Crippen molar-refractivity contribution in [3.63, 3.8) is 0 Å². The van der Waals surface area contributed by atoms with E-state index in [9.17, 15) is 9.18 Å². The molecule has 2 amide bonds. The Kier molecular flexibility index (Phi) is 5.60. The molecule has 1 saturated heterocycles. The maximum atomic E-state index is 13.2. The highest BCUT2D eigenvalue weighted by Crippen LogP contribution is 2.25. The normalized spacial score (nSPS) is 15.0. The molecule has 1 N–H and O–H groups in total. The predicted molar refractivity (Wildman–Crippen MR) is 98.1 cm³/mol. The van der Waals surface area contributed by atoms with E-state index in [-0.39, 0.29) is 11.1 Å². The Balaban J connectivity index is 1.63. The molecule has 1 aliphatic heterocycles. The van der Waals surface area contributed by atoms with Gasteiger partial charge in [-0.1, -0.05) is 23.2 Å². The van der Waals surface area contributed by atoms with Crippen LogP contribution in [-0.4, -0.2) is 42.1 Å². The van der Waals surface area contributed by atoms with E-state index in [2.05, 4.69) is 15.2 Å². The number of anilines is 2.